The summed E-state index contributed by atoms with van der Waals surface area (Å²) >= 11 is 4.09. The maximum absolute atomic E-state index is 12.2. The highest BCUT2D eigenvalue weighted by atomic mass is 127. The molecule has 3 aromatic carbocycles. The van der Waals surface area contributed by atoms with Crippen LogP contribution in [0.3, 0.4) is 0 Å². The molecule has 4 nitrogen and oxygen atoms in total. The highest BCUT2D eigenvalue weighted by molar-refractivity contribution is 14.1. The Kier molecular flexibility index (Phi) is 6.74. The van der Waals surface area contributed by atoms with Gasteiger partial charge in [-0.15, -0.1) is 0 Å². The van der Waals surface area contributed by atoms with Gasteiger partial charge in [-0.2, -0.15) is 0 Å². The quantitative estimate of drug-likeness (QED) is 0.164. The highest BCUT2D eigenvalue weighted by Gasteiger charge is 2.15. The standard InChI is InChI=1S/C24H21IN2O2S/c1-2-29-23(28)18-12-13-22-21(14-18)26-24(27(22)15-17-8-4-3-5-9-17)30-16-19-10-6-7-11-20(19)25/h3-14H,2,15-16H2,1H3. The summed E-state index contributed by atoms with van der Waals surface area (Å²) in [6, 6.07) is 24.4. The van der Waals surface area contributed by atoms with Gasteiger partial charge < -0.3 is 9.30 Å². The lowest BCUT2D eigenvalue weighted by Crippen LogP contribution is -2.04. The van der Waals surface area contributed by atoms with Crippen LogP contribution in [0.15, 0.2) is 78.0 Å². The van der Waals surface area contributed by atoms with Crippen molar-refractivity contribution in [3.63, 3.8) is 0 Å². The third kappa shape index (κ3) is 4.70. The summed E-state index contributed by atoms with van der Waals surface area (Å²) < 4.78 is 8.62. The fraction of sp³-hybridized carbons (Fsp3) is 0.167. The highest BCUT2D eigenvalue weighted by Crippen LogP contribution is 2.29. The lowest BCUT2D eigenvalue weighted by molar-refractivity contribution is 0.0526. The summed E-state index contributed by atoms with van der Waals surface area (Å²) in [4.78, 5) is 17.0. The number of nitrogens with zero attached hydrogens (tertiary/aromatic N) is 2. The first kappa shape index (κ1) is 20.9. The second kappa shape index (κ2) is 9.66. The van der Waals surface area contributed by atoms with Gasteiger partial charge in [0.25, 0.3) is 0 Å². The molecule has 6 heteroatoms. The number of hydrogen-bond donors (Lipinski definition) is 0. The lowest BCUT2D eigenvalue weighted by atomic mass is 10.2. The summed E-state index contributed by atoms with van der Waals surface area (Å²) in [6.07, 6.45) is 0. The SMILES string of the molecule is CCOC(=O)c1ccc2c(c1)nc(SCc1ccccc1I)n2Cc1ccccc1. The topological polar surface area (TPSA) is 44.1 Å². The smallest absolute Gasteiger partial charge is 0.338 e. The van der Waals surface area contributed by atoms with Crippen molar-refractivity contribution in [2.24, 2.45) is 0 Å². The van der Waals surface area contributed by atoms with E-state index in [0.717, 1.165) is 28.5 Å². The minimum Gasteiger partial charge on any atom is -0.462 e. The van der Waals surface area contributed by atoms with Crippen LogP contribution in [0, 0.1) is 3.57 Å². The minimum absolute atomic E-state index is 0.315. The molecular formula is C24H21IN2O2S. The molecule has 0 aliphatic heterocycles. The van der Waals surface area contributed by atoms with Gasteiger partial charge in [0.05, 0.1) is 29.7 Å². The number of rotatable bonds is 7. The molecule has 0 aliphatic rings. The second-order valence-electron chi connectivity index (χ2n) is 6.77. The molecule has 152 valence electrons. The molecule has 4 rings (SSSR count). The zero-order valence-corrected chi connectivity index (χ0v) is 19.5. The molecule has 0 bridgehead atoms. The van der Waals surface area contributed by atoms with Crippen molar-refractivity contribution in [3.8, 4) is 0 Å². The van der Waals surface area contributed by atoms with E-state index in [-0.39, 0.29) is 5.97 Å². The van der Waals surface area contributed by atoms with Gasteiger partial charge >= 0.3 is 5.97 Å². The Morgan fingerprint density at radius 1 is 1.07 bits per heavy atom. The predicted octanol–water partition coefficient (Wildman–Crippen LogP) is 6.16. The summed E-state index contributed by atoms with van der Waals surface area (Å²) in [6.45, 7) is 2.89. The van der Waals surface area contributed by atoms with Gasteiger partial charge in [0, 0.05) is 9.32 Å². The van der Waals surface area contributed by atoms with Gasteiger partial charge in [0.15, 0.2) is 5.16 Å². The molecule has 0 saturated heterocycles. The van der Waals surface area contributed by atoms with Crippen LogP contribution >= 0.6 is 34.4 Å². The van der Waals surface area contributed by atoms with Crippen LogP contribution in [0.2, 0.25) is 0 Å². The molecule has 1 heterocycles. The van der Waals surface area contributed by atoms with Crippen LogP contribution < -0.4 is 0 Å². The van der Waals surface area contributed by atoms with Gasteiger partial charge in [-0.3, -0.25) is 0 Å². The number of halogens is 1. The molecular weight excluding hydrogens is 507 g/mol. The molecule has 0 radical (unpaired) electrons. The predicted molar refractivity (Wildman–Crippen MR) is 130 cm³/mol. The zero-order valence-electron chi connectivity index (χ0n) is 16.5. The Bertz CT molecular complexity index is 1170. The van der Waals surface area contributed by atoms with Crippen LogP contribution in [0.1, 0.15) is 28.4 Å². The van der Waals surface area contributed by atoms with Crippen LogP contribution in [0.5, 0.6) is 0 Å². The molecule has 0 atom stereocenters. The van der Waals surface area contributed by atoms with Crippen molar-refractivity contribution in [2.45, 2.75) is 24.4 Å². The number of hydrogen-bond acceptors (Lipinski definition) is 4. The molecule has 30 heavy (non-hydrogen) atoms. The normalized spacial score (nSPS) is 11.0. The van der Waals surface area contributed by atoms with E-state index in [9.17, 15) is 4.79 Å². The Labute approximate surface area is 193 Å². The molecule has 0 fully saturated rings. The maximum Gasteiger partial charge on any atom is 0.338 e. The largest absolute Gasteiger partial charge is 0.462 e. The Hall–Kier alpha value is -2.32. The fourth-order valence-electron chi connectivity index (χ4n) is 3.24. The van der Waals surface area contributed by atoms with E-state index in [2.05, 4.69) is 63.6 Å². The van der Waals surface area contributed by atoms with Crippen molar-refractivity contribution < 1.29 is 9.53 Å². The summed E-state index contributed by atoms with van der Waals surface area (Å²) in [5.41, 5.74) is 4.85. The van der Waals surface area contributed by atoms with Gasteiger partial charge in [-0.05, 0) is 64.9 Å². The van der Waals surface area contributed by atoms with Gasteiger partial charge in [-0.25, -0.2) is 9.78 Å². The van der Waals surface area contributed by atoms with Gasteiger partial charge in [0.2, 0.25) is 0 Å². The maximum atomic E-state index is 12.2. The number of benzene rings is 3. The van der Waals surface area contributed by atoms with E-state index in [1.807, 2.05) is 43.3 Å². The first-order valence-electron chi connectivity index (χ1n) is 9.73. The first-order valence-corrected chi connectivity index (χ1v) is 11.8. The van der Waals surface area contributed by atoms with Crippen molar-refractivity contribution in [2.75, 3.05) is 6.61 Å². The monoisotopic (exact) mass is 528 g/mol. The van der Waals surface area contributed by atoms with E-state index < -0.39 is 0 Å². The Balaban J connectivity index is 1.71. The van der Waals surface area contributed by atoms with Crippen LogP contribution in [-0.2, 0) is 17.0 Å². The summed E-state index contributed by atoms with van der Waals surface area (Å²) in [7, 11) is 0. The van der Waals surface area contributed by atoms with Crippen molar-refractivity contribution in [1.29, 1.82) is 0 Å². The Morgan fingerprint density at radius 2 is 1.83 bits per heavy atom. The number of fused-ring (bicyclic) bond motifs is 1. The number of thioether (sulfide) groups is 1. The third-order valence-corrected chi connectivity index (χ3v) is 6.80. The van der Waals surface area contributed by atoms with E-state index in [4.69, 9.17) is 9.72 Å². The van der Waals surface area contributed by atoms with E-state index in [0.29, 0.717) is 12.2 Å². The molecule has 1 aromatic heterocycles. The Morgan fingerprint density at radius 3 is 2.60 bits per heavy atom. The fourth-order valence-corrected chi connectivity index (χ4v) is 5.09. The van der Waals surface area contributed by atoms with Crippen LogP contribution in [0.25, 0.3) is 11.0 Å². The zero-order chi connectivity index (χ0) is 20.9. The molecule has 0 N–H and O–H groups in total. The van der Waals surface area contributed by atoms with E-state index >= 15 is 0 Å². The van der Waals surface area contributed by atoms with Crippen molar-refractivity contribution in [3.05, 3.63) is 93.1 Å². The number of esters is 1. The average Bonchev–Trinajstić information content (AvgIpc) is 3.10. The van der Waals surface area contributed by atoms with Gasteiger partial charge in [-0.1, -0.05) is 60.3 Å². The molecule has 0 saturated carbocycles. The molecule has 0 amide bonds. The average molecular weight is 528 g/mol. The number of carbonyl (C=O) groups excluding carboxylic acids is 1. The molecule has 0 aliphatic carbocycles. The summed E-state index contributed by atoms with van der Waals surface area (Å²) in [5, 5.41) is 0.939. The number of aromatic nitrogens is 2. The van der Waals surface area contributed by atoms with E-state index in [1.165, 1.54) is 14.7 Å². The number of carbonyl (C=O) groups is 1. The minimum atomic E-state index is -0.315. The lowest BCUT2D eigenvalue weighted by Gasteiger charge is -2.10. The molecule has 0 spiro atoms. The molecule has 0 unspecified atom stereocenters. The van der Waals surface area contributed by atoms with Gasteiger partial charge in [0.1, 0.15) is 0 Å². The first-order chi connectivity index (χ1) is 14.7. The number of ether oxygens (including phenoxy) is 1. The van der Waals surface area contributed by atoms with Crippen LogP contribution in [0.4, 0.5) is 0 Å². The van der Waals surface area contributed by atoms with Crippen molar-refractivity contribution in [1.82, 2.24) is 9.55 Å². The van der Waals surface area contributed by atoms with E-state index in [1.54, 1.807) is 11.8 Å². The second-order valence-corrected chi connectivity index (χ2v) is 8.87. The summed E-state index contributed by atoms with van der Waals surface area (Å²) in [5.74, 6) is 0.521. The molecule has 4 aromatic rings. The van der Waals surface area contributed by atoms with Crippen molar-refractivity contribution >= 4 is 51.4 Å². The third-order valence-electron chi connectivity index (χ3n) is 4.72. The van der Waals surface area contributed by atoms with Crippen LogP contribution in [-0.4, -0.2) is 22.1 Å². The number of imidazole rings is 1.